The van der Waals surface area contributed by atoms with E-state index in [-0.39, 0.29) is 5.43 Å². The fourth-order valence-electron chi connectivity index (χ4n) is 1.06. The molecule has 2 aromatic heterocycles. The summed E-state index contributed by atoms with van der Waals surface area (Å²) in [7, 11) is 1.84. The number of pyridine rings is 1. The molecule has 2 heterocycles. The standard InChI is InChI=1S/C7H7N3O.C2H6/c1-10-4-9-6-5(11)2-3-8-7(6)10;1-2/h2-4H,1H3,(H,8,11);1-2H3. The van der Waals surface area contributed by atoms with Gasteiger partial charge in [0, 0.05) is 19.3 Å². The SMILES string of the molecule is CC.Cn1cnc2c(=O)cc[nH]c21. The van der Waals surface area contributed by atoms with Gasteiger partial charge >= 0.3 is 0 Å². The van der Waals surface area contributed by atoms with E-state index in [2.05, 4.69) is 9.97 Å². The lowest BCUT2D eigenvalue weighted by atomic mass is 10.4. The number of aromatic amines is 1. The molecule has 0 atom stereocenters. The molecule has 0 unspecified atom stereocenters. The molecule has 0 bridgehead atoms. The molecule has 70 valence electrons. The third-order valence-electron chi connectivity index (χ3n) is 1.63. The summed E-state index contributed by atoms with van der Waals surface area (Å²) in [6.07, 6.45) is 3.23. The number of aromatic nitrogens is 3. The highest BCUT2D eigenvalue weighted by Crippen LogP contribution is 2.00. The molecule has 0 saturated heterocycles. The van der Waals surface area contributed by atoms with Gasteiger partial charge in [0.1, 0.15) is 5.65 Å². The molecule has 1 N–H and O–H groups in total. The zero-order valence-electron chi connectivity index (χ0n) is 8.03. The van der Waals surface area contributed by atoms with Crippen molar-refractivity contribution < 1.29 is 0 Å². The molecule has 13 heavy (non-hydrogen) atoms. The van der Waals surface area contributed by atoms with Crippen LogP contribution in [0.1, 0.15) is 13.8 Å². The summed E-state index contributed by atoms with van der Waals surface area (Å²) in [5, 5.41) is 0. The third kappa shape index (κ3) is 1.61. The first-order chi connectivity index (χ1) is 6.29. The molecule has 4 heteroatoms. The van der Waals surface area contributed by atoms with Crippen LogP contribution < -0.4 is 5.43 Å². The van der Waals surface area contributed by atoms with Crippen LogP contribution >= 0.6 is 0 Å². The molecule has 2 rings (SSSR count). The Labute approximate surface area is 76.2 Å². The maximum absolute atomic E-state index is 11.1. The first kappa shape index (κ1) is 9.51. The minimum atomic E-state index is -0.0423. The summed E-state index contributed by atoms with van der Waals surface area (Å²) >= 11 is 0. The maximum Gasteiger partial charge on any atom is 0.209 e. The van der Waals surface area contributed by atoms with Gasteiger partial charge in [-0.05, 0) is 0 Å². The molecule has 4 nitrogen and oxygen atoms in total. The Morgan fingerprint density at radius 1 is 1.46 bits per heavy atom. The second-order valence-electron chi connectivity index (χ2n) is 2.39. The van der Waals surface area contributed by atoms with E-state index in [0.29, 0.717) is 5.52 Å². The Morgan fingerprint density at radius 2 is 2.15 bits per heavy atom. The number of nitrogens with one attached hydrogen (secondary N) is 1. The predicted octanol–water partition coefficient (Wildman–Crippen LogP) is 1.29. The molecule has 0 radical (unpaired) electrons. The number of hydrogen-bond acceptors (Lipinski definition) is 2. The van der Waals surface area contributed by atoms with Crippen molar-refractivity contribution in [2.24, 2.45) is 7.05 Å². The molecule has 2 aromatic rings. The second-order valence-corrected chi connectivity index (χ2v) is 2.39. The molecular weight excluding hydrogens is 166 g/mol. The van der Waals surface area contributed by atoms with E-state index < -0.39 is 0 Å². The number of nitrogens with zero attached hydrogens (tertiary/aromatic N) is 2. The maximum atomic E-state index is 11.1. The van der Waals surface area contributed by atoms with Crippen molar-refractivity contribution in [1.29, 1.82) is 0 Å². The van der Waals surface area contributed by atoms with Crippen molar-refractivity contribution >= 4 is 11.2 Å². The third-order valence-corrected chi connectivity index (χ3v) is 1.63. The van der Waals surface area contributed by atoms with E-state index >= 15 is 0 Å². The van der Waals surface area contributed by atoms with Crippen molar-refractivity contribution in [2.45, 2.75) is 13.8 Å². The van der Waals surface area contributed by atoms with Crippen LogP contribution in [-0.2, 0) is 7.05 Å². The summed E-state index contributed by atoms with van der Waals surface area (Å²) in [6.45, 7) is 4.00. The molecule has 0 aliphatic heterocycles. The van der Waals surface area contributed by atoms with Crippen LogP contribution in [0.4, 0.5) is 0 Å². The Bertz CT molecular complexity index is 441. The minimum absolute atomic E-state index is 0.0423. The molecule has 0 fully saturated rings. The van der Waals surface area contributed by atoms with Crippen LogP contribution in [0.5, 0.6) is 0 Å². The van der Waals surface area contributed by atoms with Gasteiger partial charge in [0.2, 0.25) is 5.43 Å². The van der Waals surface area contributed by atoms with Crippen molar-refractivity contribution in [1.82, 2.24) is 14.5 Å². The molecule has 0 aliphatic rings. The van der Waals surface area contributed by atoms with Gasteiger partial charge in [0.25, 0.3) is 0 Å². The van der Waals surface area contributed by atoms with Crippen molar-refractivity contribution in [3.8, 4) is 0 Å². The highest BCUT2D eigenvalue weighted by Gasteiger charge is 2.00. The average Bonchev–Trinajstić information content (AvgIpc) is 2.53. The zero-order valence-corrected chi connectivity index (χ0v) is 8.03. The second kappa shape index (κ2) is 3.89. The molecule has 0 amide bonds. The van der Waals surface area contributed by atoms with E-state index in [4.69, 9.17) is 0 Å². The van der Waals surface area contributed by atoms with Gasteiger partial charge in [-0.2, -0.15) is 0 Å². The topological polar surface area (TPSA) is 50.7 Å². The van der Waals surface area contributed by atoms with E-state index in [1.165, 1.54) is 6.07 Å². The fourth-order valence-corrected chi connectivity index (χ4v) is 1.06. The van der Waals surface area contributed by atoms with E-state index in [1.807, 2.05) is 20.9 Å². The van der Waals surface area contributed by atoms with Gasteiger partial charge in [0.15, 0.2) is 5.52 Å². The number of H-pyrrole nitrogens is 1. The van der Waals surface area contributed by atoms with E-state index in [0.717, 1.165) is 5.65 Å². The van der Waals surface area contributed by atoms with Gasteiger partial charge in [-0.3, -0.25) is 4.79 Å². The molecule has 0 spiro atoms. The highest BCUT2D eigenvalue weighted by atomic mass is 16.1. The zero-order chi connectivity index (χ0) is 9.84. The number of hydrogen-bond donors (Lipinski definition) is 1. The van der Waals surface area contributed by atoms with E-state index in [1.54, 1.807) is 17.1 Å². The van der Waals surface area contributed by atoms with Gasteiger partial charge in [0.05, 0.1) is 6.33 Å². The molecular formula is C9H13N3O. The largest absolute Gasteiger partial charge is 0.346 e. The lowest BCUT2D eigenvalue weighted by molar-refractivity contribution is 0.931. The number of fused-ring (bicyclic) bond motifs is 1. The van der Waals surface area contributed by atoms with Crippen LogP contribution in [0.2, 0.25) is 0 Å². The number of imidazole rings is 1. The Morgan fingerprint density at radius 3 is 2.77 bits per heavy atom. The van der Waals surface area contributed by atoms with Crippen LogP contribution in [0.3, 0.4) is 0 Å². The van der Waals surface area contributed by atoms with Gasteiger partial charge in [-0.25, -0.2) is 4.98 Å². The minimum Gasteiger partial charge on any atom is -0.346 e. The number of rotatable bonds is 0. The lowest BCUT2D eigenvalue weighted by Crippen LogP contribution is -2.00. The molecule has 0 aromatic carbocycles. The lowest BCUT2D eigenvalue weighted by Gasteiger charge is -1.90. The van der Waals surface area contributed by atoms with Crippen molar-refractivity contribution in [3.63, 3.8) is 0 Å². The highest BCUT2D eigenvalue weighted by molar-refractivity contribution is 5.69. The Hall–Kier alpha value is -1.58. The first-order valence-electron chi connectivity index (χ1n) is 4.28. The average molecular weight is 179 g/mol. The fraction of sp³-hybridized carbons (Fsp3) is 0.333. The normalized spacial score (nSPS) is 9.46. The van der Waals surface area contributed by atoms with Crippen LogP contribution in [-0.4, -0.2) is 14.5 Å². The summed E-state index contributed by atoms with van der Waals surface area (Å²) in [5.74, 6) is 0. The number of aryl methyl sites for hydroxylation is 1. The summed E-state index contributed by atoms with van der Waals surface area (Å²) in [4.78, 5) is 18.0. The molecule has 0 saturated carbocycles. The van der Waals surface area contributed by atoms with Crippen molar-refractivity contribution in [2.75, 3.05) is 0 Å². The monoisotopic (exact) mass is 179 g/mol. The quantitative estimate of drug-likeness (QED) is 0.662. The van der Waals surface area contributed by atoms with Crippen LogP contribution in [0.15, 0.2) is 23.4 Å². The Balaban J connectivity index is 0.000000396. The van der Waals surface area contributed by atoms with Crippen LogP contribution in [0.25, 0.3) is 11.2 Å². The Kier molecular flexibility index (Phi) is 2.84. The van der Waals surface area contributed by atoms with E-state index in [9.17, 15) is 4.79 Å². The summed E-state index contributed by atoms with van der Waals surface area (Å²) < 4.78 is 1.77. The smallest absolute Gasteiger partial charge is 0.209 e. The molecule has 0 aliphatic carbocycles. The van der Waals surface area contributed by atoms with Crippen LogP contribution in [0, 0.1) is 0 Å². The van der Waals surface area contributed by atoms with Crippen molar-refractivity contribution in [3.05, 3.63) is 28.8 Å². The van der Waals surface area contributed by atoms with Gasteiger partial charge in [-0.15, -0.1) is 0 Å². The van der Waals surface area contributed by atoms with Gasteiger partial charge in [-0.1, -0.05) is 13.8 Å². The summed E-state index contributed by atoms with van der Waals surface area (Å²) in [5.41, 5.74) is 1.21. The first-order valence-corrected chi connectivity index (χ1v) is 4.28. The summed E-state index contributed by atoms with van der Waals surface area (Å²) in [6, 6.07) is 1.47. The predicted molar refractivity (Wildman–Crippen MR) is 52.7 cm³/mol. The van der Waals surface area contributed by atoms with Gasteiger partial charge < -0.3 is 9.55 Å².